The zero-order valence-corrected chi connectivity index (χ0v) is 5.20. The molecule has 2 heteroatoms. The fraction of sp³-hybridized carbons (Fsp3) is 0.667. The molecule has 1 heterocycles. The van der Waals surface area contributed by atoms with Crippen molar-refractivity contribution < 1.29 is 0 Å². The molecule has 44 valence electrons. The average Bonchev–Trinajstić information content (AvgIpc) is 1.77. The highest BCUT2D eigenvalue weighted by molar-refractivity contribution is 5.73. The molecule has 2 nitrogen and oxygen atoms in total. The second-order valence-corrected chi connectivity index (χ2v) is 2.25. The summed E-state index contributed by atoms with van der Waals surface area (Å²) in [4.78, 5) is 0. The van der Waals surface area contributed by atoms with E-state index in [1.807, 2.05) is 12.4 Å². The molecule has 2 unspecified atom stereocenters. The van der Waals surface area contributed by atoms with Gasteiger partial charge in [-0.05, 0) is 0 Å². The third-order valence-corrected chi connectivity index (χ3v) is 1.50. The summed E-state index contributed by atoms with van der Waals surface area (Å²) in [6.07, 6.45) is 3.76. The van der Waals surface area contributed by atoms with Gasteiger partial charge in [0.1, 0.15) is 0 Å². The van der Waals surface area contributed by atoms with Crippen LogP contribution in [-0.4, -0.2) is 12.4 Å². The molecule has 0 saturated carbocycles. The van der Waals surface area contributed by atoms with Crippen molar-refractivity contribution in [1.29, 1.82) is 0 Å². The van der Waals surface area contributed by atoms with E-state index in [4.69, 9.17) is 0 Å². The molecule has 0 aromatic carbocycles. The monoisotopic (exact) mass is 110 g/mol. The summed E-state index contributed by atoms with van der Waals surface area (Å²) in [7, 11) is 0. The van der Waals surface area contributed by atoms with Gasteiger partial charge in [0.15, 0.2) is 0 Å². The molecule has 1 rings (SSSR count). The zero-order chi connectivity index (χ0) is 5.98. The highest BCUT2D eigenvalue weighted by atomic mass is 15.2. The van der Waals surface area contributed by atoms with E-state index in [9.17, 15) is 0 Å². The molecule has 0 amide bonds. The van der Waals surface area contributed by atoms with Crippen molar-refractivity contribution in [2.45, 2.75) is 13.8 Å². The molecule has 0 radical (unpaired) electrons. The van der Waals surface area contributed by atoms with Crippen LogP contribution >= 0.6 is 0 Å². The van der Waals surface area contributed by atoms with E-state index in [-0.39, 0.29) is 0 Å². The Morgan fingerprint density at radius 1 is 1.00 bits per heavy atom. The normalized spacial score (nSPS) is 35.8. The van der Waals surface area contributed by atoms with E-state index in [1.54, 1.807) is 0 Å². The minimum absolute atomic E-state index is 0.562. The van der Waals surface area contributed by atoms with Crippen LogP contribution in [0.1, 0.15) is 13.8 Å². The van der Waals surface area contributed by atoms with Crippen molar-refractivity contribution in [3.63, 3.8) is 0 Å². The van der Waals surface area contributed by atoms with E-state index < -0.39 is 0 Å². The first kappa shape index (κ1) is 5.48. The molecule has 0 aliphatic carbocycles. The molecule has 1 aliphatic heterocycles. The van der Waals surface area contributed by atoms with E-state index in [0.717, 1.165) is 0 Å². The van der Waals surface area contributed by atoms with Crippen LogP contribution in [0.5, 0.6) is 0 Å². The summed E-state index contributed by atoms with van der Waals surface area (Å²) >= 11 is 0. The number of hydrogen-bond donors (Lipinski definition) is 0. The van der Waals surface area contributed by atoms with Crippen LogP contribution in [0.15, 0.2) is 10.2 Å². The SMILES string of the molecule is CC1C=NN=CC1C. The van der Waals surface area contributed by atoms with Crippen LogP contribution in [0.25, 0.3) is 0 Å². The van der Waals surface area contributed by atoms with Gasteiger partial charge in [-0.15, -0.1) is 0 Å². The van der Waals surface area contributed by atoms with Crippen molar-refractivity contribution in [3.05, 3.63) is 0 Å². The van der Waals surface area contributed by atoms with Crippen LogP contribution in [0.3, 0.4) is 0 Å². The summed E-state index contributed by atoms with van der Waals surface area (Å²) in [5, 5.41) is 7.51. The molecule has 0 spiro atoms. The molecular weight excluding hydrogens is 100 g/mol. The van der Waals surface area contributed by atoms with E-state index >= 15 is 0 Å². The third kappa shape index (κ3) is 0.941. The predicted molar refractivity (Wildman–Crippen MR) is 35.3 cm³/mol. The van der Waals surface area contributed by atoms with Crippen LogP contribution in [0.2, 0.25) is 0 Å². The summed E-state index contributed by atoms with van der Waals surface area (Å²) in [5.74, 6) is 1.12. The largest absolute Gasteiger partial charge is 0.164 e. The first-order valence-corrected chi connectivity index (χ1v) is 2.87. The summed E-state index contributed by atoms with van der Waals surface area (Å²) < 4.78 is 0. The van der Waals surface area contributed by atoms with Gasteiger partial charge in [-0.25, -0.2) is 0 Å². The van der Waals surface area contributed by atoms with E-state index in [1.165, 1.54) is 0 Å². The topological polar surface area (TPSA) is 24.7 Å². The van der Waals surface area contributed by atoms with Gasteiger partial charge in [-0.1, -0.05) is 13.8 Å². The Morgan fingerprint density at radius 2 is 1.38 bits per heavy atom. The molecule has 0 aromatic heterocycles. The maximum Gasteiger partial charge on any atom is 0.0304 e. The minimum atomic E-state index is 0.562. The van der Waals surface area contributed by atoms with Crippen molar-refractivity contribution >= 4 is 12.4 Å². The lowest BCUT2D eigenvalue weighted by Crippen LogP contribution is -2.12. The smallest absolute Gasteiger partial charge is 0.0304 e. The van der Waals surface area contributed by atoms with E-state index in [2.05, 4.69) is 24.1 Å². The van der Waals surface area contributed by atoms with Gasteiger partial charge in [0.05, 0.1) is 0 Å². The molecule has 0 fully saturated rings. The Labute approximate surface area is 49.3 Å². The predicted octanol–water partition coefficient (Wildman–Crippen LogP) is 1.33. The molecule has 0 aromatic rings. The van der Waals surface area contributed by atoms with Gasteiger partial charge >= 0.3 is 0 Å². The van der Waals surface area contributed by atoms with Crippen molar-refractivity contribution in [3.8, 4) is 0 Å². The lowest BCUT2D eigenvalue weighted by Gasteiger charge is -2.11. The molecule has 0 bridgehead atoms. The average molecular weight is 110 g/mol. The van der Waals surface area contributed by atoms with Crippen molar-refractivity contribution in [1.82, 2.24) is 0 Å². The van der Waals surface area contributed by atoms with Crippen LogP contribution < -0.4 is 0 Å². The minimum Gasteiger partial charge on any atom is -0.164 e. The summed E-state index contributed by atoms with van der Waals surface area (Å²) in [5.41, 5.74) is 0. The van der Waals surface area contributed by atoms with Crippen LogP contribution in [0.4, 0.5) is 0 Å². The molecular formula is C6H10N2. The van der Waals surface area contributed by atoms with Crippen LogP contribution in [-0.2, 0) is 0 Å². The van der Waals surface area contributed by atoms with Gasteiger partial charge in [0.2, 0.25) is 0 Å². The third-order valence-electron chi connectivity index (χ3n) is 1.50. The zero-order valence-electron chi connectivity index (χ0n) is 5.20. The summed E-state index contributed by atoms with van der Waals surface area (Å²) in [6, 6.07) is 0. The number of nitrogens with zero attached hydrogens (tertiary/aromatic N) is 2. The Balaban J connectivity index is 2.59. The van der Waals surface area contributed by atoms with Gasteiger partial charge in [-0.3, -0.25) is 0 Å². The molecule has 1 aliphatic rings. The van der Waals surface area contributed by atoms with E-state index in [0.29, 0.717) is 11.8 Å². The maximum atomic E-state index is 3.75. The lowest BCUT2D eigenvalue weighted by molar-refractivity contribution is 0.633. The van der Waals surface area contributed by atoms with Crippen molar-refractivity contribution in [2.24, 2.45) is 22.0 Å². The summed E-state index contributed by atoms with van der Waals surface area (Å²) in [6.45, 7) is 4.28. The first-order chi connectivity index (χ1) is 3.80. The Morgan fingerprint density at radius 3 is 1.62 bits per heavy atom. The van der Waals surface area contributed by atoms with Crippen LogP contribution in [0, 0.1) is 11.8 Å². The number of hydrogen-bond acceptors (Lipinski definition) is 2. The Bertz CT molecular complexity index is 110. The van der Waals surface area contributed by atoms with Gasteiger partial charge in [0.25, 0.3) is 0 Å². The highest BCUT2D eigenvalue weighted by Gasteiger charge is 2.08. The first-order valence-electron chi connectivity index (χ1n) is 2.87. The van der Waals surface area contributed by atoms with Gasteiger partial charge in [0, 0.05) is 24.3 Å². The Hall–Kier alpha value is -0.660. The second kappa shape index (κ2) is 2.07. The quantitative estimate of drug-likeness (QED) is 0.449. The lowest BCUT2D eigenvalue weighted by atomic mass is 9.98. The highest BCUT2D eigenvalue weighted by Crippen LogP contribution is 2.08. The standard InChI is InChI=1S/C6H10N2/c1-5-3-7-8-4-6(5)2/h3-6H,1-2H3. The molecule has 8 heavy (non-hydrogen) atoms. The number of rotatable bonds is 0. The fourth-order valence-electron chi connectivity index (χ4n) is 0.559. The van der Waals surface area contributed by atoms with Gasteiger partial charge in [-0.2, -0.15) is 10.2 Å². The Kier molecular flexibility index (Phi) is 1.42. The second-order valence-electron chi connectivity index (χ2n) is 2.25. The maximum absolute atomic E-state index is 3.75. The van der Waals surface area contributed by atoms with Gasteiger partial charge < -0.3 is 0 Å². The fourth-order valence-corrected chi connectivity index (χ4v) is 0.559. The molecule has 0 saturated heterocycles. The van der Waals surface area contributed by atoms with Crippen molar-refractivity contribution in [2.75, 3.05) is 0 Å². The molecule has 0 N–H and O–H groups in total. The molecule has 2 atom stereocenters.